The van der Waals surface area contributed by atoms with Crippen molar-refractivity contribution in [2.75, 3.05) is 30.3 Å². The summed E-state index contributed by atoms with van der Waals surface area (Å²) in [5.74, 6) is 1.77. The van der Waals surface area contributed by atoms with Crippen LogP contribution in [0.15, 0.2) is 24.3 Å². The molecule has 0 bridgehead atoms. The third-order valence-corrected chi connectivity index (χ3v) is 3.58. The molecule has 2 heterocycles. The highest BCUT2D eigenvalue weighted by molar-refractivity contribution is 5.78. The summed E-state index contributed by atoms with van der Waals surface area (Å²) in [6.07, 6.45) is 5.74. The molecule has 0 radical (unpaired) electrons. The molecule has 0 saturated heterocycles. The average Bonchev–Trinajstić information content (AvgIpc) is 2.55. The second-order valence-corrected chi connectivity index (χ2v) is 5.50. The Morgan fingerprint density at radius 3 is 2.00 bits per heavy atom. The molecule has 0 saturated carbocycles. The first kappa shape index (κ1) is 16.5. The Hall–Kier alpha value is -1.88. The first-order valence-electron chi connectivity index (χ1n) is 8.29. The second-order valence-electron chi connectivity index (χ2n) is 5.50. The van der Waals surface area contributed by atoms with Gasteiger partial charge in [0.25, 0.3) is 0 Å². The van der Waals surface area contributed by atoms with Gasteiger partial charge in [-0.2, -0.15) is 0 Å². The lowest BCUT2D eigenvalue weighted by molar-refractivity contribution is 0.742. The van der Waals surface area contributed by atoms with Gasteiger partial charge in [0.1, 0.15) is 11.6 Å². The van der Waals surface area contributed by atoms with Crippen molar-refractivity contribution in [3.63, 3.8) is 0 Å². The van der Waals surface area contributed by atoms with Gasteiger partial charge in [-0.25, -0.2) is 9.97 Å². The highest BCUT2D eigenvalue weighted by Gasteiger charge is 2.01. The van der Waals surface area contributed by atoms with E-state index in [1.807, 2.05) is 12.1 Å². The maximum atomic E-state index is 5.50. The van der Waals surface area contributed by atoms with Crippen LogP contribution in [0, 0.1) is 0 Å². The highest BCUT2D eigenvalue weighted by Crippen LogP contribution is 2.16. The third-order valence-electron chi connectivity index (χ3n) is 3.58. The van der Waals surface area contributed by atoms with Gasteiger partial charge in [0.15, 0.2) is 5.65 Å². The molecule has 2 aromatic heterocycles. The minimum absolute atomic E-state index is 0.738. The number of anilines is 2. The van der Waals surface area contributed by atoms with E-state index in [0.717, 1.165) is 55.1 Å². The van der Waals surface area contributed by atoms with Crippen LogP contribution in [-0.2, 0) is 0 Å². The van der Waals surface area contributed by atoms with Gasteiger partial charge in [-0.05, 0) is 50.1 Å². The van der Waals surface area contributed by atoms with E-state index in [4.69, 9.17) is 5.73 Å². The summed E-state index contributed by atoms with van der Waals surface area (Å²) in [7, 11) is 0. The van der Waals surface area contributed by atoms with E-state index < -0.39 is 0 Å². The van der Waals surface area contributed by atoms with E-state index in [2.05, 4.69) is 39.7 Å². The van der Waals surface area contributed by atoms with Crippen LogP contribution < -0.4 is 16.4 Å². The van der Waals surface area contributed by atoms with Gasteiger partial charge in [-0.1, -0.05) is 19.8 Å². The SMILES string of the molecule is CCCCCNc1ccc2ccc(NCCCCN)nc2n1. The van der Waals surface area contributed by atoms with Crippen molar-refractivity contribution in [1.82, 2.24) is 9.97 Å². The molecule has 0 aliphatic heterocycles. The van der Waals surface area contributed by atoms with Gasteiger partial charge in [-0.15, -0.1) is 0 Å². The molecule has 0 aliphatic rings. The Morgan fingerprint density at radius 1 is 0.864 bits per heavy atom. The summed E-state index contributed by atoms with van der Waals surface area (Å²) in [5.41, 5.74) is 6.28. The Morgan fingerprint density at radius 2 is 1.45 bits per heavy atom. The van der Waals surface area contributed by atoms with Crippen LogP contribution in [0.1, 0.15) is 39.0 Å². The fourth-order valence-corrected chi connectivity index (χ4v) is 2.27. The number of nitrogens with two attached hydrogens (primary N) is 1. The van der Waals surface area contributed by atoms with Gasteiger partial charge >= 0.3 is 0 Å². The smallest absolute Gasteiger partial charge is 0.163 e. The summed E-state index contributed by atoms with van der Waals surface area (Å²) >= 11 is 0. The number of nitrogens with zero attached hydrogens (tertiary/aromatic N) is 2. The van der Waals surface area contributed by atoms with Crippen LogP contribution >= 0.6 is 0 Å². The molecule has 2 rings (SSSR count). The summed E-state index contributed by atoms with van der Waals surface area (Å²) in [4.78, 5) is 9.18. The van der Waals surface area contributed by atoms with Crippen LogP contribution in [0.5, 0.6) is 0 Å². The Labute approximate surface area is 132 Å². The number of unbranched alkanes of at least 4 members (excludes halogenated alkanes) is 3. The topological polar surface area (TPSA) is 75.9 Å². The molecule has 5 nitrogen and oxygen atoms in total. The lowest BCUT2D eigenvalue weighted by Crippen LogP contribution is -2.07. The number of hydrogen-bond acceptors (Lipinski definition) is 5. The Balaban J connectivity index is 1.96. The van der Waals surface area contributed by atoms with Crippen LogP contribution in [-0.4, -0.2) is 29.6 Å². The van der Waals surface area contributed by atoms with Crippen molar-refractivity contribution < 1.29 is 0 Å². The predicted molar refractivity (Wildman–Crippen MR) is 94.3 cm³/mol. The summed E-state index contributed by atoms with van der Waals surface area (Å²) in [6.45, 7) is 4.80. The molecular weight excluding hydrogens is 274 g/mol. The van der Waals surface area contributed by atoms with Crippen molar-refractivity contribution >= 4 is 22.7 Å². The molecule has 0 atom stereocenters. The van der Waals surface area contributed by atoms with Gasteiger partial charge in [0, 0.05) is 18.5 Å². The van der Waals surface area contributed by atoms with E-state index in [-0.39, 0.29) is 0 Å². The second kappa shape index (κ2) is 9.20. The molecule has 0 aromatic carbocycles. The molecule has 0 spiro atoms. The van der Waals surface area contributed by atoms with Gasteiger partial charge in [-0.3, -0.25) is 0 Å². The van der Waals surface area contributed by atoms with E-state index in [1.165, 1.54) is 19.3 Å². The number of hydrogen-bond donors (Lipinski definition) is 3. The molecule has 22 heavy (non-hydrogen) atoms. The monoisotopic (exact) mass is 301 g/mol. The first-order valence-corrected chi connectivity index (χ1v) is 8.29. The number of aromatic nitrogens is 2. The van der Waals surface area contributed by atoms with Crippen molar-refractivity contribution in [3.05, 3.63) is 24.3 Å². The highest BCUT2D eigenvalue weighted by atomic mass is 15.0. The lowest BCUT2D eigenvalue weighted by atomic mass is 10.2. The summed E-state index contributed by atoms with van der Waals surface area (Å²) < 4.78 is 0. The molecule has 0 aliphatic carbocycles. The standard InChI is InChI=1S/C17H27N5/c1-2-3-5-12-19-15-9-7-14-8-10-16(22-17(14)21-15)20-13-6-4-11-18/h7-10H,2-6,11-13,18H2,1H3,(H2,19,20,21,22). The van der Waals surface area contributed by atoms with E-state index in [9.17, 15) is 0 Å². The molecule has 2 aromatic rings. The normalized spacial score (nSPS) is 10.8. The summed E-state index contributed by atoms with van der Waals surface area (Å²) in [6, 6.07) is 8.14. The maximum absolute atomic E-state index is 5.50. The minimum atomic E-state index is 0.738. The van der Waals surface area contributed by atoms with Crippen molar-refractivity contribution in [3.8, 4) is 0 Å². The van der Waals surface area contributed by atoms with Gasteiger partial charge in [0.2, 0.25) is 0 Å². The largest absolute Gasteiger partial charge is 0.370 e. The first-order chi connectivity index (χ1) is 10.8. The van der Waals surface area contributed by atoms with Crippen LogP contribution in [0.25, 0.3) is 11.0 Å². The Bertz CT molecular complexity index is 523. The molecule has 120 valence electrons. The number of fused-ring (bicyclic) bond motifs is 1. The van der Waals surface area contributed by atoms with Crippen LogP contribution in [0.3, 0.4) is 0 Å². The zero-order valence-electron chi connectivity index (χ0n) is 13.4. The van der Waals surface area contributed by atoms with E-state index >= 15 is 0 Å². The quantitative estimate of drug-likeness (QED) is 0.586. The third kappa shape index (κ3) is 5.15. The van der Waals surface area contributed by atoms with Crippen molar-refractivity contribution in [1.29, 1.82) is 0 Å². The zero-order chi connectivity index (χ0) is 15.6. The molecule has 0 unspecified atom stereocenters. The van der Waals surface area contributed by atoms with Crippen molar-refractivity contribution in [2.45, 2.75) is 39.0 Å². The van der Waals surface area contributed by atoms with Crippen LogP contribution in [0.2, 0.25) is 0 Å². The minimum Gasteiger partial charge on any atom is -0.370 e. The number of nitrogens with one attached hydrogen (secondary N) is 2. The molecule has 5 heteroatoms. The lowest BCUT2D eigenvalue weighted by Gasteiger charge is -2.08. The Kier molecular flexibility index (Phi) is 6.90. The predicted octanol–water partition coefficient (Wildman–Crippen LogP) is 3.38. The molecule has 0 fully saturated rings. The molecular formula is C17H27N5. The number of pyridine rings is 2. The van der Waals surface area contributed by atoms with Crippen LogP contribution in [0.4, 0.5) is 11.6 Å². The molecule has 4 N–H and O–H groups in total. The zero-order valence-corrected chi connectivity index (χ0v) is 13.4. The fraction of sp³-hybridized carbons (Fsp3) is 0.529. The summed E-state index contributed by atoms with van der Waals surface area (Å²) in [5, 5.41) is 7.75. The maximum Gasteiger partial charge on any atom is 0.163 e. The van der Waals surface area contributed by atoms with Gasteiger partial charge in [0.05, 0.1) is 0 Å². The van der Waals surface area contributed by atoms with Crippen molar-refractivity contribution in [2.24, 2.45) is 5.73 Å². The fourth-order valence-electron chi connectivity index (χ4n) is 2.27. The van der Waals surface area contributed by atoms with E-state index in [1.54, 1.807) is 0 Å². The van der Waals surface area contributed by atoms with E-state index in [0.29, 0.717) is 0 Å². The molecule has 0 amide bonds. The average molecular weight is 301 g/mol. The van der Waals surface area contributed by atoms with Gasteiger partial charge < -0.3 is 16.4 Å². The number of rotatable bonds is 10.